The van der Waals surface area contributed by atoms with Gasteiger partial charge in [0.05, 0.1) is 11.6 Å². The second-order valence-electron chi connectivity index (χ2n) is 4.60. The summed E-state index contributed by atoms with van der Waals surface area (Å²) in [4.78, 5) is 12.1. The Morgan fingerprint density at radius 1 is 1.19 bits per heavy atom. The van der Waals surface area contributed by atoms with Crippen molar-refractivity contribution in [3.05, 3.63) is 56.5 Å². The highest BCUT2D eigenvalue weighted by Crippen LogP contribution is 2.36. The number of fused-ring (bicyclic) bond motifs is 1. The molecular formula is C15H9Br2N3O. The molecule has 1 atom stereocenters. The summed E-state index contributed by atoms with van der Waals surface area (Å²) in [6.45, 7) is 0. The van der Waals surface area contributed by atoms with Crippen LogP contribution in [-0.4, -0.2) is 5.91 Å². The Bertz CT molecular complexity index is 783. The van der Waals surface area contributed by atoms with Crippen LogP contribution in [0.5, 0.6) is 0 Å². The van der Waals surface area contributed by atoms with E-state index in [4.69, 9.17) is 5.26 Å². The van der Waals surface area contributed by atoms with E-state index in [1.54, 1.807) is 18.2 Å². The van der Waals surface area contributed by atoms with Crippen LogP contribution in [0.4, 0.5) is 11.4 Å². The van der Waals surface area contributed by atoms with Gasteiger partial charge in [-0.15, -0.1) is 0 Å². The number of hydrogen-bond donors (Lipinski definition) is 2. The van der Waals surface area contributed by atoms with Gasteiger partial charge in [-0.3, -0.25) is 4.79 Å². The number of nitrogens with one attached hydrogen (secondary N) is 2. The normalized spacial score (nSPS) is 16.0. The largest absolute Gasteiger partial charge is 0.369 e. The van der Waals surface area contributed by atoms with Gasteiger partial charge in [0.25, 0.3) is 5.91 Å². The minimum atomic E-state index is -0.447. The zero-order valence-electron chi connectivity index (χ0n) is 10.7. The van der Waals surface area contributed by atoms with Crippen LogP contribution in [0.25, 0.3) is 0 Å². The van der Waals surface area contributed by atoms with E-state index in [2.05, 4.69) is 48.6 Å². The van der Waals surface area contributed by atoms with Crippen molar-refractivity contribution < 1.29 is 4.79 Å². The van der Waals surface area contributed by atoms with Crippen LogP contribution in [0.3, 0.4) is 0 Å². The van der Waals surface area contributed by atoms with Crippen LogP contribution in [0, 0.1) is 11.3 Å². The molecule has 1 aliphatic heterocycles. The van der Waals surface area contributed by atoms with Gasteiger partial charge in [-0.05, 0) is 46.3 Å². The number of benzene rings is 2. The van der Waals surface area contributed by atoms with Gasteiger partial charge in [-0.25, -0.2) is 0 Å². The highest BCUT2D eigenvalue weighted by molar-refractivity contribution is 9.10. The lowest BCUT2D eigenvalue weighted by molar-refractivity contribution is -0.116. The maximum Gasteiger partial charge on any atom is 0.251 e. The fourth-order valence-corrected chi connectivity index (χ4v) is 3.09. The molecule has 0 spiro atoms. The maximum atomic E-state index is 12.1. The Balaban J connectivity index is 1.93. The molecule has 6 heteroatoms. The first kappa shape index (κ1) is 14.1. The molecule has 0 aliphatic carbocycles. The maximum absolute atomic E-state index is 12.1. The van der Waals surface area contributed by atoms with E-state index in [0.717, 1.165) is 25.9 Å². The van der Waals surface area contributed by atoms with E-state index >= 15 is 0 Å². The van der Waals surface area contributed by atoms with Crippen LogP contribution in [0.2, 0.25) is 0 Å². The second kappa shape index (κ2) is 5.51. The molecular weight excluding hydrogens is 398 g/mol. The zero-order chi connectivity index (χ0) is 15.0. The monoisotopic (exact) mass is 405 g/mol. The number of halogens is 2. The number of carbonyl (C=O) groups is 1. The highest BCUT2D eigenvalue weighted by Gasteiger charge is 2.30. The molecule has 104 valence electrons. The van der Waals surface area contributed by atoms with Gasteiger partial charge < -0.3 is 10.6 Å². The summed E-state index contributed by atoms with van der Waals surface area (Å²) < 4.78 is 1.67. The van der Waals surface area contributed by atoms with Gasteiger partial charge >= 0.3 is 0 Å². The zero-order valence-corrected chi connectivity index (χ0v) is 13.8. The molecule has 1 heterocycles. The molecule has 2 N–H and O–H groups in total. The van der Waals surface area contributed by atoms with Gasteiger partial charge in [-0.1, -0.05) is 22.0 Å². The lowest BCUT2D eigenvalue weighted by atomic mass is 10.1. The van der Waals surface area contributed by atoms with Crippen LogP contribution in [-0.2, 0) is 4.79 Å². The minimum absolute atomic E-state index is 0.0978. The smallest absolute Gasteiger partial charge is 0.251 e. The first-order valence-corrected chi connectivity index (χ1v) is 7.73. The number of anilines is 2. The van der Waals surface area contributed by atoms with E-state index < -0.39 is 6.04 Å². The van der Waals surface area contributed by atoms with E-state index in [1.807, 2.05) is 18.2 Å². The van der Waals surface area contributed by atoms with Crippen molar-refractivity contribution in [2.45, 2.75) is 6.04 Å². The highest BCUT2D eigenvalue weighted by atomic mass is 79.9. The van der Waals surface area contributed by atoms with Crippen molar-refractivity contribution in [1.29, 1.82) is 5.26 Å². The Labute approximate surface area is 138 Å². The molecule has 0 bridgehead atoms. The van der Waals surface area contributed by atoms with E-state index in [0.29, 0.717) is 5.56 Å². The standard InChI is InChI=1S/C15H9Br2N3O/c16-9-2-3-10-13(6-9)20-15(21)14(10)19-12-4-1-8(7-18)5-11(12)17/h1-6,14,19H,(H,20,21). The van der Waals surface area contributed by atoms with Crippen molar-refractivity contribution in [1.82, 2.24) is 0 Å². The Morgan fingerprint density at radius 3 is 2.71 bits per heavy atom. The number of rotatable bonds is 2. The van der Waals surface area contributed by atoms with Crippen molar-refractivity contribution >= 4 is 49.1 Å². The number of carbonyl (C=O) groups excluding carboxylic acids is 1. The molecule has 21 heavy (non-hydrogen) atoms. The van der Waals surface area contributed by atoms with Crippen molar-refractivity contribution in [3.63, 3.8) is 0 Å². The van der Waals surface area contributed by atoms with Gasteiger partial charge in [-0.2, -0.15) is 5.26 Å². The first-order valence-electron chi connectivity index (χ1n) is 6.15. The fraction of sp³-hybridized carbons (Fsp3) is 0.0667. The predicted octanol–water partition coefficient (Wildman–Crippen LogP) is 4.19. The number of nitriles is 1. The third-order valence-corrected chi connectivity index (χ3v) is 4.39. The number of nitrogens with zero attached hydrogens (tertiary/aromatic N) is 1. The van der Waals surface area contributed by atoms with Gasteiger partial charge in [0, 0.05) is 25.9 Å². The molecule has 0 saturated carbocycles. The lowest BCUT2D eigenvalue weighted by Crippen LogP contribution is -2.19. The van der Waals surface area contributed by atoms with E-state index in [9.17, 15) is 4.79 Å². The average molecular weight is 407 g/mol. The van der Waals surface area contributed by atoms with Gasteiger partial charge in [0.15, 0.2) is 0 Å². The predicted molar refractivity (Wildman–Crippen MR) is 88.0 cm³/mol. The molecule has 1 aliphatic rings. The summed E-state index contributed by atoms with van der Waals surface area (Å²) in [5.41, 5.74) is 3.04. The summed E-state index contributed by atoms with van der Waals surface area (Å²) in [6, 6.07) is 12.5. The lowest BCUT2D eigenvalue weighted by Gasteiger charge is -2.14. The van der Waals surface area contributed by atoms with Crippen LogP contribution in [0.15, 0.2) is 45.3 Å². The fourth-order valence-electron chi connectivity index (χ4n) is 2.24. The van der Waals surface area contributed by atoms with Crippen molar-refractivity contribution in [2.24, 2.45) is 0 Å². The van der Waals surface area contributed by atoms with Crippen LogP contribution in [0.1, 0.15) is 17.2 Å². The topological polar surface area (TPSA) is 64.9 Å². The molecule has 2 aromatic carbocycles. The summed E-state index contributed by atoms with van der Waals surface area (Å²) in [6.07, 6.45) is 0. The molecule has 1 amide bonds. The van der Waals surface area contributed by atoms with Gasteiger partial charge in [0.2, 0.25) is 0 Å². The third-order valence-electron chi connectivity index (χ3n) is 3.24. The summed E-state index contributed by atoms with van der Waals surface area (Å²) >= 11 is 6.80. The molecule has 3 rings (SSSR count). The average Bonchev–Trinajstić information content (AvgIpc) is 2.76. The second-order valence-corrected chi connectivity index (χ2v) is 6.37. The van der Waals surface area contributed by atoms with Crippen LogP contribution >= 0.6 is 31.9 Å². The molecule has 0 saturated heterocycles. The molecule has 0 aromatic heterocycles. The van der Waals surface area contributed by atoms with Gasteiger partial charge in [0.1, 0.15) is 6.04 Å². The Morgan fingerprint density at radius 2 is 2.00 bits per heavy atom. The van der Waals surface area contributed by atoms with Crippen LogP contribution < -0.4 is 10.6 Å². The third kappa shape index (κ3) is 2.67. The van der Waals surface area contributed by atoms with E-state index in [-0.39, 0.29) is 5.91 Å². The minimum Gasteiger partial charge on any atom is -0.369 e. The summed E-state index contributed by atoms with van der Waals surface area (Å²) in [7, 11) is 0. The molecule has 4 nitrogen and oxygen atoms in total. The molecule has 0 fully saturated rings. The SMILES string of the molecule is N#Cc1ccc(NC2C(=O)Nc3cc(Br)ccc32)c(Br)c1. The van der Waals surface area contributed by atoms with E-state index in [1.165, 1.54) is 0 Å². The number of amides is 1. The Kier molecular flexibility index (Phi) is 3.70. The number of hydrogen-bond acceptors (Lipinski definition) is 3. The summed E-state index contributed by atoms with van der Waals surface area (Å²) in [5, 5.41) is 14.9. The van der Waals surface area contributed by atoms with Crippen molar-refractivity contribution in [3.8, 4) is 6.07 Å². The molecule has 2 aromatic rings. The molecule has 0 radical (unpaired) electrons. The van der Waals surface area contributed by atoms with Crippen molar-refractivity contribution in [2.75, 3.05) is 10.6 Å². The Hall–Kier alpha value is -1.84. The molecule has 1 unspecified atom stereocenters. The summed E-state index contributed by atoms with van der Waals surface area (Å²) in [5.74, 6) is -0.0978. The first-order chi connectivity index (χ1) is 10.1. The quantitative estimate of drug-likeness (QED) is 0.785.